The van der Waals surface area contributed by atoms with Crippen LogP contribution in [0.25, 0.3) is 0 Å². The lowest BCUT2D eigenvalue weighted by atomic mass is 9.92. The Labute approximate surface area is 232 Å². The molecule has 2 aromatic rings. The van der Waals surface area contributed by atoms with Gasteiger partial charge in [-0.3, -0.25) is 10.1 Å². The van der Waals surface area contributed by atoms with Gasteiger partial charge in [0, 0.05) is 49.7 Å². The van der Waals surface area contributed by atoms with E-state index >= 15 is 0 Å². The Bertz CT molecular complexity index is 1210. The van der Waals surface area contributed by atoms with Gasteiger partial charge in [-0.25, -0.2) is 0 Å². The Balaban J connectivity index is 1.20. The molecule has 0 spiro atoms. The molecule has 0 atom stereocenters. The van der Waals surface area contributed by atoms with E-state index < -0.39 is 34.1 Å². The van der Waals surface area contributed by atoms with Gasteiger partial charge < -0.3 is 19.9 Å². The number of nitrogens with zero attached hydrogens (tertiary/aromatic N) is 3. The molecule has 0 radical (unpaired) electrons. The van der Waals surface area contributed by atoms with Crippen molar-refractivity contribution in [1.29, 1.82) is 0 Å². The summed E-state index contributed by atoms with van der Waals surface area (Å²) < 4.78 is 84.8. The van der Waals surface area contributed by atoms with Crippen LogP contribution in [0, 0.1) is 10.1 Å². The predicted molar refractivity (Wildman–Crippen MR) is 142 cm³/mol. The summed E-state index contributed by atoms with van der Waals surface area (Å²) in [6.45, 7) is 2.40. The van der Waals surface area contributed by atoms with E-state index in [9.17, 15) is 36.5 Å². The molecule has 0 amide bonds. The maximum atomic E-state index is 13.3. The molecule has 1 aliphatic heterocycles. The van der Waals surface area contributed by atoms with E-state index in [-0.39, 0.29) is 24.4 Å². The van der Waals surface area contributed by atoms with Crippen molar-refractivity contribution in [2.75, 3.05) is 43.0 Å². The maximum Gasteiger partial charge on any atom is 0.423 e. The Kier molecular flexibility index (Phi) is 9.08. The van der Waals surface area contributed by atoms with Gasteiger partial charge in [0.25, 0.3) is 5.69 Å². The first-order chi connectivity index (χ1) is 18.8. The Morgan fingerprint density at radius 3 is 2.25 bits per heavy atom. The first kappa shape index (κ1) is 29.8. The van der Waals surface area contributed by atoms with E-state index in [1.807, 2.05) is 9.80 Å². The Morgan fingerprint density at radius 2 is 1.65 bits per heavy atom. The van der Waals surface area contributed by atoms with Gasteiger partial charge in [-0.15, -0.1) is 0 Å². The summed E-state index contributed by atoms with van der Waals surface area (Å²) >= 11 is 5.53. The van der Waals surface area contributed by atoms with Crippen LogP contribution in [0.15, 0.2) is 42.5 Å². The van der Waals surface area contributed by atoms with Crippen molar-refractivity contribution in [1.82, 2.24) is 4.90 Å². The minimum absolute atomic E-state index is 0.0648. The molecule has 2 aromatic carbocycles. The fourth-order valence-electron chi connectivity index (χ4n) is 5.00. The number of thiocarbonyl (C=S) groups is 1. The number of ether oxygens (including phenoxy) is 1. The average molecular weight is 591 g/mol. The topological polar surface area (TPSA) is 70.9 Å². The van der Waals surface area contributed by atoms with E-state index in [2.05, 4.69) is 5.32 Å². The SMILES string of the molecule is O=[N+]([O-])c1ccc(N[C@H]2CC[C@H](OCC(=S)N3CCN(c4cccc(C(F)(F)F)c4)CC3)CC2)cc1C(F)(F)F. The highest BCUT2D eigenvalue weighted by atomic mass is 32.1. The monoisotopic (exact) mass is 590 g/mol. The second-order valence-electron chi connectivity index (χ2n) is 9.83. The van der Waals surface area contributed by atoms with Gasteiger partial charge in [-0.2, -0.15) is 26.3 Å². The Hall–Kier alpha value is -3.13. The van der Waals surface area contributed by atoms with E-state index in [0.29, 0.717) is 62.5 Å². The highest BCUT2D eigenvalue weighted by Crippen LogP contribution is 2.38. The second kappa shape index (κ2) is 12.2. The number of piperazine rings is 1. The number of benzene rings is 2. The van der Waals surface area contributed by atoms with Crippen molar-refractivity contribution < 1.29 is 36.0 Å². The first-order valence-electron chi connectivity index (χ1n) is 12.7. The third-order valence-electron chi connectivity index (χ3n) is 7.16. The van der Waals surface area contributed by atoms with E-state index in [0.717, 1.165) is 24.3 Å². The lowest BCUT2D eigenvalue weighted by Gasteiger charge is -2.38. The third kappa shape index (κ3) is 7.53. The molecule has 1 aliphatic carbocycles. The van der Waals surface area contributed by atoms with Gasteiger partial charge in [0.15, 0.2) is 0 Å². The molecule has 218 valence electrons. The number of rotatable bonds is 7. The molecule has 7 nitrogen and oxygen atoms in total. The number of alkyl halides is 6. The van der Waals surface area contributed by atoms with Crippen molar-refractivity contribution in [2.24, 2.45) is 0 Å². The average Bonchev–Trinajstić information content (AvgIpc) is 2.91. The molecule has 2 aliphatic rings. The lowest BCUT2D eigenvalue weighted by Crippen LogP contribution is -2.49. The normalized spacial score (nSPS) is 20.4. The predicted octanol–water partition coefficient (Wildman–Crippen LogP) is 6.52. The minimum Gasteiger partial charge on any atom is -0.382 e. The zero-order valence-corrected chi connectivity index (χ0v) is 22.1. The van der Waals surface area contributed by atoms with Crippen LogP contribution in [0.3, 0.4) is 0 Å². The summed E-state index contributed by atoms with van der Waals surface area (Å²) in [5.41, 5.74) is -2.26. The van der Waals surface area contributed by atoms with Gasteiger partial charge in [-0.05, 0) is 56.0 Å². The molecule has 1 heterocycles. The van der Waals surface area contributed by atoms with Gasteiger partial charge in [0.05, 0.1) is 23.2 Å². The zero-order valence-electron chi connectivity index (χ0n) is 21.3. The standard InChI is InChI=1S/C26H28F6N4O3S/c27-25(28,29)17-2-1-3-20(14-17)34-10-12-35(13-11-34)24(40)16-39-21-7-4-18(5-8-21)33-19-6-9-23(36(37)38)22(15-19)26(30,31)32/h1-3,6,9,14-15,18,21,33H,4-5,7-8,10-13,16H2/t18-,21-. The van der Waals surface area contributed by atoms with Gasteiger partial charge in [-0.1, -0.05) is 18.3 Å². The molecule has 1 N–H and O–H groups in total. The lowest BCUT2D eigenvalue weighted by molar-refractivity contribution is -0.388. The Morgan fingerprint density at radius 1 is 0.975 bits per heavy atom. The smallest absolute Gasteiger partial charge is 0.382 e. The summed E-state index contributed by atoms with van der Waals surface area (Å²) in [6.07, 6.45) is -6.67. The van der Waals surface area contributed by atoms with Crippen LogP contribution in [0.4, 0.5) is 43.4 Å². The maximum absolute atomic E-state index is 13.3. The van der Waals surface area contributed by atoms with Crippen LogP contribution in [0.2, 0.25) is 0 Å². The number of hydrogen-bond acceptors (Lipinski definition) is 6. The number of anilines is 2. The molecule has 40 heavy (non-hydrogen) atoms. The number of nitro benzene ring substituents is 1. The summed E-state index contributed by atoms with van der Waals surface area (Å²) in [6, 6.07) is 8.08. The molecule has 0 unspecified atom stereocenters. The number of nitro groups is 1. The van der Waals surface area contributed by atoms with Crippen molar-refractivity contribution in [2.45, 2.75) is 50.2 Å². The van der Waals surface area contributed by atoms with Crippen LogP contribution in [0.1, 0.15) is 36.8 Å². The minimum atomic E-state index is -4.84. The van der Waals surface area contributed by atoms with Gasteiger partial charge in [0.1, 0.15) is 10.6 Å². The third-order valence-corrected chi connectivity index (χ3v) is 7.53. The van der Waals surface area contributed by atoms with Crippen molar-refractivity contribution in [3.63, 3.8) is 0 Å². The highest BCUT2D eigenvalue weighted by Gasteiger charge is 2.38. The molecule has 1 saturated carbocycles. The van der Waals surface area contributed by atoms with E-state index in [4.69, 9.17) is 17.0 Å². The van der Waals surface area contributed by atoms with Crippen molar-refractivity contribution in [3.05, 3.63) is 63.7 Å². The van der Waals surface area contributed by atoms with Crippen LogP contribution < -0.4 is 10.2 Å². The van der Waals surface area contributed by atoms with Crippen molar-refractivity contribution in [3.8, 4) is 0 Å². The van der Waals surface area contributed by atoms with E-state index in [1.165, 1.54) is 12.1 Å². The summed E-state index contributed by atoms with van der Waals surface area (Å²) in [5.74, 6) is 0. The summed E-state index contributed by atoms with van der Waals surface area (Å²) in [7, 11) is 0. The molecule has 0 aromatic heterocycles. The van der Waals surface area contributed by atoms with Crippen LogP contribution in [-0.4, -0.2) is 59.7 Å². The first-order valence-corrected chi connectivity index (χ1v) is 13.2. The van der Waals surface area contributed by atoms with Crippen molar-refractivity contribution >= 4 is 34.3 Å². The molecular formula is C26H28F6N4O3S. The van der Waals surface area contributed by atoms with E-state index in [1.54, 1.807) is 6.07 Å². The second-order valence-corrected chi connectivity index (χ2v) is 10.3. The fraction of sp³-hybridized carbons (Fsp3) is 0.500. The number of nitrogens with one attached hydrogen (secondary N) is 1. The summed E-state index contributed by atoms with van der Waals surface area (Å²) in [4.78, 5) is 14.4. The fourth-order valence-corrected chi connectivity index (χ4v) is 5.25. The van der Waals surface area contributed by atoms with Gasteiger partial charge >= 0.3 is 12.4 Å². The largest absolute Gasteiger partial charge is 0.423 e. The molecule has 4 rings (SSSR count). The molecule has 0 bridgehead atoms. The molecular weight excluding hydrogens is 562 g/mol. The van der Waals surface area contributed by atoms with Crippen LogP contribution in [-0.2, 0) is 17.1 Å². The highest BCUT2D eigenvalue weighted by molar-refractivity contribution is 7.80. The summed E-state index contributed by atoms with van der Waals surface area (Å²) in [5, 5.41) is 14.0. The van der Waals surface area contributed by atoms with Gasteiger partial charge in [0.2, 0.25) is 0 Å². The molecule has 2 fully saturated rings. The molecule has 1 saturated heterocycles. The number of halogens is 6. The van der Waals surface area contributed by atoms with Crippen LogP contribution in [0.5, 0.6) is 0 Å². The quantitative estimate of drug-likeness (QED) is 0.170. The number of hydrogen-bond donors (Lipinski definition) is 1. The zero-order chi connectivity index (χ0) is 29.1. The van der Waals surface area contributed by atoms with Crippen LogP contribution >= 0.6 is 12.2 Å². The molecule has 14 heteroatoms.